The van der Waals surface area contributed by atoms with Gasteiger partial charge in [0.25, 0.3) is 0 Å². The van der Waals surface area contributed by atoms with Crippen molar-refractivity contribution in [3.05, 3.63) is 11.7 Å². The second-order valence-corrected chi connectivity index (χ2v) is 6.18. The van der Waals surface area contributed by atoms with Crippen LogP contribution in [0, 0.1) is 0 Å². The summed E-state index contributed by atoms with van der Waals surface area (Å²) < 4.78 is 11.2. The van der Waals surface area contributed by atoms with Crippen LogP contribution in [-0.4, -0.2) is 39.8 Å². The first-order valence-corrected chi connectivity index (χ1v) is 6.74. The molecule has 1 aliphatic carbocycles. The van der Waals surface area contributed by atoms with Gasteiger partial charge in [0, 0.05) is 19.0 Å². The van der Waals surface area contributed by atoms with Crippen LogP contribution < -0.4 is 0 Å². The SMILES string of the molecule is CC1CN(Cc2noc(C3CC3)n2)CC(C)(C)O1. The monoisotopic (exact) mass is 251 g/mol. The molecular formula is C13H21N3O2. The van der Waals surface area contributed by atoms with Gasteiger partial charge in [-0.25, -0.2) is 0 Å². The third-order valence-corrected chi connectivity index (χ3v) is 3.42. The predicted molar refractivity (Wildman–Crippen MR) is 66.2 cm³/mol. The third-order valence-electron chi connectivity index (χ3n) is 3.42. The van der Waals surface area contributed by atoms with Gasteiger partial charge in [-0.05, 0) is 33.6 Å². The Morgan fingerprint density at radius 1 is 1.39 bits per heavy atom. The van der Waals surface area contributed by atoms with E-state index in [0.717, 1.165) is 31.3 Å². The molecule has 0 N–H and O–H groups in total. The zero-order valence-corrected chi connectivity index (χ0v) is 11.3. The van der Waals surface area contributed by atoms with Crippen molar-refractivity contribution < 1.29 is 9.26 Å². The van der Waals surface area contributed by atoms with E-state index in [9.17, 15) is 0 Å². The minimum atomic E-state index is -0.0965. The Labute approximate surface area is 107 Å². The molecule has 0 bridgehead atoms. The molecule has 3 rings (SSSR count). The quantitative estimate of drug-likeness (QED) is 0.821. The molecule has 0 spiro atoms. The van der Waals surface area contributed by atoms with Crippen molar-refractivity contribution in [3.8, 4) is 0 Å². The second kappa shape index (κ2) is 4.31. The molecule has 100 valence electrons. The van der Waals surface area contributed by atoms with E-state index < -0.39 is 0 Å². The van der Waals surface area contributed by atoms with E-state index in [1.807, 2.05) is 0 Å². The highest BCUT2D eigenvalue weighted by molar-refractivity contribution is 5.02. The van der Waals surface area contributed by atoms with Gasteiger partial charge in [0.05, 0.1) is 18.2 Å². The van der Waals surface area contributed by atoms with Crippen LogP contribution in [0.25, 0.3) is 0 Å². The highest BCUT2D eigenvalue weighted by Gasteiger charge is 2.33. The van der Waals surface area contributed by atoms with Crippen molar-refractivity contribution >= 4 is 0 Å². The molecule has 0 amide bonds. The van der Waals surface area contributed by atoms with Crippen molar-refractivity contribution in [3.63, 3.8) is 0 Å². The largest absolute Gasteiger partial charge is 0.370 e. The topological polar surface area (TPSA) is 51.4 Å². The van der Waals surface area contributed by atoms with Gasteiger partial charge in [-0.1, -0.05) is 5.16 Å². The highest BCUT2D eigenvalue weighted by atomic mass is 16.5. The van der Waals surface area contributed by atoms with E-state index in [0.29, 0.717) is 5.92 Å². The number of rotatable bonds is 3. The standard InChI is InChI=1S/C13H21N3O2/c1-9-6-16(8-13(2,3)17-9)7-11-14-12(18-15-11)10-4-5-10/h9-10H,4-8H2,1-3H3. The Balaban J connectivity index is 1.63. The Morgan fingerprint density at radius 2 is 2.17 bits per heavy atom. The van der Waals surface area contributed by atoms with Crippen molar-refractivity contribution in [1.29, 1.82) is 0 Å². The number of aromatic nitrogens is 2. The van der Waals surface area contributed by atoms with Gasteiger partial charge in [-0.3, -0.25) is 4.90 Å². The average Bonchev–Trinajstić information content (AvgIpc) is 2.97. The van der Waals surface area contributed by atoms with Crippen LogP contribution in [0.4, 0.5) is 0 Å². The Hall–Kier alpha value is -0.940. The maximum absolute atomic E-state index is 5.89. The normalized spacial score (nSPS) is 28.5. The zero-order valence-electron chi connectivity index (χ0n) is 11.3. The van der Waals surface area contributed by atoms with Crippen molar-refractivity contribution in [2.75, 3.05) is 13.1 Å². The molecule has 0 radical (unpaired) electrons. The molecule has 2 fully saturated rings. The summed E-state index contributed by atoms with van der Waals surface area (Å²) in [6.45, 7) is 8.96. The van der Waals surface area contributed by atoms with Gasteiger partial charge in [0.15, 0.2) is 5.82 Å². The lowest BCUT2D eigenvalue weighted by atomic mass is 10.1. The number of hydrogen-bond donors (Lipinski definition) is 0. The lowest BCUT2D eigenvalue weighted by Gasteiger charge is -2.41. The molecule has 5 nitrogen and oxygen atoms in total. The van der Waals surface area contributed by atoms with Crippen LogP contribution in [0.2, 0.25) is 0 Å². The van der Waals surface area contributed by atoms with E-state index in [4.69, 9.17) is 9.26 Å². The Morgan fingerprint density at radius 3 is 2.83 bits per heavy atom. The first kappa shape index (κ1) is 12.1. The molecule has 2 heterocycles. The summed E-state index contributed by atoms with van der Waals surface area (Å²) >= 11 is 0. The molecule has 1 aliphatic heterocycles. The Kier molecular flexibility index (Phi) is 2.90. The van der Waals surface area contributed by atoms with Gasteiger partial charge in [-0.15, -0.1) is 0 Å². The fraction of sp³-hybridized carbons (Fsp3) is 0.846. The zero-order chi connectivity index (χ0) is 12.8. The molecule has 1 aromatic heterocycles. The second-order valence-electron chi connectivity index (χ2n) is 6.18. The smallest absolute Gasteiger partial charge is 0.229 e. The maximum Gasteiger partial charge on any atom is 0.229 e. The molecule has 18 heavy (non-hydrogen) atoms. The van der Waals surface area contributed by atoms with E-state index in [1.54, 1.807) is 0 Å². The van der Waals surface area contributed by atoms with E-state index >= 15 is 0 Å². The Bertz CT molecular complexity index is 426. The fourth-order valence-corrected chi connectivity index (χ4v) is 2.73. The number of hydrogen-bond acceptors (Lipinski definition) is 5. The number of ether oxygens (including phenoxy) is 1. The van der Waals surface area contributed by atoms with Crippen molar-refractivity contribution in [2.24, 2.45) is 0 Å². The van der Waals surface area contributed by atoms with Crippen molar-refractivity contribution in [2.45, 2.75) is 57.8 Å². The summed E-state index contributed by atoms with van der Waals surface area (Å²) in [5.41, 5.74) is -0.0965. The van der Waals surface area contributed by atoms with Crippen molar-refractivity contribution in [1.82, 2.24) is 15.0 Å². The lowest BCUT2D eigenvalue weighted by Crippen LogP contribution is -2.51. The van der Waals surface area contributed by atoms with Crippen LogP contribution in [-0.2, 0) is 11.3 Å². The third kappa shape index (κ3) is 2.72. The molecule has 1 aromatic rings. The lowest BCUT2D eigenvalue weighted by molar-refractivity contribution is -0.131. The molecular weight excluding hydrogens is 230 g/mol. The maximum atomic E-state index is 5.89. The molecule has 1 saturated carbocycles. The molecule has 0 aromatic carbocycles. The minimum Gasteiger partial charge on any atom is -0.370 e. The molecule has 5 heteroatoms. The average molecular weight is 251 g/mol. The fourth-order valence-electron chi connectivity index (χ4n) is 2.73. The molecule has 1 unspecified atom stereocenters. The summed E-state index contributed by atoms with van der Waals surface area (Å²) in [6.07, 6.45) is 2.65. The summed E-state index contributed by atoms with van der Waals surface area (Å²) in [5, 5.41) is 4.08. The minimum absolute atomic E-state index is 0.0965. The first-order valence-electron chi connectivity index (χ1n) is 6.74. The van der Waals surface area contributed by atoms with Gasteiger partial charge in [-0.2, -0.15) is 4.98 Å². The molecule has 2 aliphatic rings. The number of morpholine rings is 1. The van der Waals surface area contributed by atoms with Gasteiger partial charge in [0.1, 0.15) is 0 Å². The summed E-state index contributed by atoms with van der Waals surface area (Å²) in [6, 6.07) is 0. The van der Waals surface area contributed by atoms with Crippen LogP contribution in [0.1, 0.15) is 51.2 Å². The van der Waals surface area contributed by atoms with Gasteiger partial charge < -0.3 is 9.26 Å². The molecule has 1 atom stereocenters. The van der Waals surface area contributed by atoms with Crippen LogP contribution in [0.5, 0.6) is 0 Å². The van der Waals surface area contributed by atoms with E-state index in [2.05, 4.69) is 35.8 Å². The van der Waals surface area contributed by atoms with Crippen LogP contribution >= 0.6 is 0 Å². The number of nitrogens with zero attached hydrogens (tertiary/aromatic N) is 3. The van der Waals surface area contributed by atoms with Gasteiger partial charge >= 0.3 is 0 Å². The van der Waals surface area contributed by atoms with Crippen LogP contribution in [0.3, 0.4) is 0 Å². The first-order chi connectivity index (χ1) is 8.52. The summed E-state index contributed by atoms with van der Waals surface area (Å²) in [7, 11) is 0. The highest BCUT2D eigenvalue weighted by Crippen LogP contribution is 2.38. The van der Waals surface area contributed by atoms with E-state index in [1.165, 1.54) is 12.8 Å². The predicted octanol–water partition coefficient (Wildman–Crippen LogP) is 1.95. The van der Waals surface area contributed by atoms with Gasteiger partial charge in [0.2, 0.25) is 5.89 Å². The summed E-state index contributed by atoms with van der Waals surface area (Å²) in [4.78, 5) is 6.82. The van der Waals surface area contributed by atoms with E-state index in [-0.39, 0.29) is 11.7 Å². The van der Waals surface area contributed by atoms with Crippen LogP contribution in [0.15, 0.2) is 4.52 Å². The summed E-state index contributed by atoms with van der Waals surface area (Å²) in [5.74, 6) is 2.17. The molecule has 1 saturated heterocycles.